The molecule has 19 heavy (non-hydrogen) atoms. The van der Waals surface area contributed by atoms with Gasteiger partial charge in [-0.05, 0) is 47.5 Å². The van der Waals surface area contributed by atoms with Gasteiger partial charge in [0.15, 0.2) is 0 Å². The molecule has 0 aliphatic carbocycles. The van der Waals surface area contributed by atoms with Crippen molar-refractivity contribution in [3.8, 4) is 0 Å². The summed E-state index contributed by atoms with van der Waals surface area (Å²) in [5.41, 5.74) is 4.75. The van der Waals surface area contributed by atoms with Crippen LogP contribution in [0.15, 0.2) is 22.8 Å². The molecule has 0 fully saturated rings. The van der Waals surface area contributed by atoms with E-state index in [1.807, 2.05) is 13.8 Å². The molecule has 0 saturated carbocycles. The molecule has 0 saturated heterocycles. The van der Waals surface area contributed by atoms with Gasteiger partial charge in [0, 0.05) is 17.4 Å². The lowest BCUT2D eigenvalue weighted by molar-refractivity contribution is 0.621. The van der Waals surface area contributed by atoms with E-state index in [1.54, 1.807) is 12.3 Å². The van der Waals surface area contributed by atoms with Crippen LogP contribution in [-0.4, -0.2) is 9.97 Å². The fourth-order valence-electron chi connectivity index (χ4n) is 1.55. The van der Waals surface area contributed by atoms with Crippen molar-refractivity contribution in [1.82, 2.24) is 9.97 Å². The molecule has 4 N–H and O–H groups in total. The first-order chi connectivity index (χ1) is 9.01. The number of aromatic nitrogens is 2. The molecule has 0 bridgehead atoms. The number of rotatable bonds is 3. The maximum absolute atomic E-state index is 13.6. The minimum absolute atomic E-state index is 0.295. The highest BCUT2D eigenvalue weighted by molar-refractivity contribution is 9.10. The number of nitrogens with zero attached hydrogens (tertiary/aromatic N) is 2. The number of aryl methyl sites for hydroxylation is 2. The molecule has 0 aliphatic heterocycles. The molecule has 0 aliphatic rings. The highest BCUT2D eigenvalue weighted by Gasteiger charge is 2.08. The Kier molecular flexibility index (Phi) is 3.96. The molecular weight excluding hydrogens is 313 g/mol. The fourth-order valence-corrected chi connectivity index (χ4v) is 2.00. The maximum Gasteiger partial charge on any atom is 0.239 e. The molecule has 7 heteroatoms. The minimum Gasteiger partial charge on any atom is -0.340 e. The molecule has 1 aromatic heterocycles. The zero-order valence-electron chi connectivity index (χ0n) is 10.5. The Bertz CT molecular complexity index is 617. The third-order valence-electron chi connectivity index (χ3n) is 2.62. The van der Waals surface area contributed by atoms with Gasteiger partial charge in [-0.1, -0.05) is 0 Å². The average molecular weight is 326 g/mol. The predicted molar refractivity (Wildman–Crippen MR) is 76.7 cm³/mol. The summed E-state index contributed by atoms with van der Waals surface area (Å²) in [7, 11) is 0. The molecule has 1 heterocycles. The van der Waals surface area contributed by atoms with Crippen molar-refractivity contribution in [2.75, 3.05) is 10.7 Å². The summed E-state index contributed by atoms with van der Waals surface area (Å²) in [6, 6.07) is 3.12. The van der Waals surface area contributed by atoms with Crippen molar-refractivity contribution in [3.05, 3.63) is 39.7 Å². The number of nitrogen functional groups attached to an aromatic ring is 1. The van der Waals surface area contributed by atoms with E-state index in [9.17, 15) is 4.39 Å². The molecule has 5 nitrogen and oxygen atoms in total. The van der Waals surface area contributed by atoms with E-state index in [0.717, 1.165) is 11.1 Å². The normalized spacial score (nSPS) is 10.4. The van der Waals surface area contributed by atoms with Gasteiger partial charge >= 0.3 is 0 Å². The van der Waals surface area contributed by atoms with Crippen molar-refractivity contribution in [2.45, 2.75) is 13.8 Å². The van der Waals surface area contributed by atoms with Crippen LogP contribution >= 0.6 is 15.9 Å². The van der Waals surface area contributed by atoms with Gasteiger partial charge in [-0.3, -0.25) is 5.43 Å². The largest absolute Gasteiger partial charge is 0.340 e. The van der Waals surface area contributed by atoms with Gasteiger partial charge in [-0.25, -0.2) is 15.2 Å². The second kappa shape index (κ2) is 5.50. The SMILES string of the molecule is Cc1cc(Br)c(F)cc1Nc1nc(NN)ncc1C. The maximum atomic E-state index is 13.6. The van der Waals surface area contributed by atoms with Crippen molar-refractivity contribution >= 4 is 33.4 Å². The number of halogens is 2. The van der Waals surface area contributed by atoms with Crippen LogP contribution in [0, 0.1) is 19.7 Å². The number of hydrazine groups is 1. The van der Waals surface area contributed by atoms with Gasteiger partial charge in [-0.2, -0.15) is 4.98 Å². The summed E-state index contributed by atoms with van der Waals surface area (Å²) < 4.78 is 14.0. The van der Waals surface area contributed by atoms with E-state index >= 15 is 0 Å². The number of nitrogens with one attached hydrogen (secondary N) is 2. The van der Waals surface area contributed by atoms with Gasteiger partial charge in [0.25, 0.3) is 0 Å². The first-order valence-electron chi connectivity index (χ1n) is 5.54. The van der Waals surface area contributed by atoms with Crippen molar-refractivity contribution in [2.24, 2.45) is 5.84 Å². The van der Waals surface area contributed by atoms with E-state index in [0.29, 0.717) is 21.9 Å². The third-order valence-corrected chi connectivity index (χ3v) is 3.23. The zero-order valence-corrected chi connectivity index (χ0v) is 12.0. The lowest BCUT2D eigenvalue weighted by Gasteiger charge is -2.12. The smallest absolute Gasteiger partial charge is 0.239 e. The van der Waals surface area contributed by atoms with Gasteiger partial charge in [0.05, 0.1) is 4.47 Å². The molecule has 100 valence electrons. The summed E-state index contributed by atoms with van der Waals surface area (Å²) in [6.07, 6.45) is 1.63. The first kappa shape index (κ1) is 13.7. The number of benzene rings is 1. The average Bonchev–Trinajstić information content (AvgIpc) is 2.38. The van der Waals surface area contributed by atoms with Crippen LogP contribution in [0.1, 0.15) is 11.1 Å². The summed E-state index contributed by atoms with van der Waals surface area (Å²) in [6.45, 7) is 3.73. The van der Waals surface area contributed by atoms with Crippen LogP contribution in [0.2, 0.25) is 0 Å². The second-order valence-corrected chi connectivity index (χ2v) is 4.93. The molecule has 0 unspecified atom stereocenters. The molecule has 0 atom stereocenters. The first-order valence-corrected chi connectivity index (χ1v) is 6.33. The molecule has 0 amide bonds. The lowest BCUT2D eigenvalue weighted by Crippen LogP contribution is -2.12. The Labute approximate surface area is 118 Å². The highest BCUT2D eigenvalue weighted by Crippen LogP contribution is 2.27. The molecule has 2 aromatic rings. The Balaban J connectivity index is 2.38. The van der Waals surface area contributed by atoms with Crippen LogP contribution in [0.4, 0.5) is 21.8 Å². The van der Waals surface area contributed by atoms with Gasteiger partial charge in [0.2, 0.25) is 5.95 Å². The summed E-state index contributed by atoms with van der Waals surface area (Å²) in [5.74, 6) is 5.80. The van der Waals surface area contributed by atoms with Crippen molar-refractivity contribution < 1.29 is 4.39 Å². The summed E-state index contributed by atoms with van der Waals surface area (Å²) in [5, 5.41) is 3.08. The van der Waals surface area contributed by atoms with Crippen molar-refractivity contribution in [3.63, 3.8) is 0 Å². The molecule has 0 radical (unpaired) electrons. The second-order valence-electron chi connectivity index (χ2n) is 4.08. The lowest BCUT2D eigenvalue weighted by atomic mass is 10.2. The van der Waals surface area contributed by atoms with E-state index in [2.05, 4.69) is 36.6 Å². The monoisotopic (exact) mass is 325 g/mol. The Morgan fingerprint density at radius 1 is 1.26 bits per heavy atom. The van der Waals surface area contributed by atoms with E-state index < -0.39 is 0 Å². The number of hydrogen-bond donors (Lipinski definition) is 3. The number of anilines is 3. The van der Waals surface area contributed by atoms with Gasteiger partial charge in [0.1, 0.15) is 11.6 Å². The fraction of sp³-hybridized carbons (Fsp3) is 0.167. The number of hydrogen-bond acceptors (Lipinski definition) is 5. The third kappa shape index (κ3) is 2.99. The molecule has 1 aromatic carbocycles. The van der Waals surface area contributed by atoms with Crippen LogP contribution in [0.25, 0.3) is 0 Å². The zero-order chi connectivity index (χ0) is 14.0. The Hall–Kier alpha value is -1.73. The summed E-state index contributed by atoms with van der Waals surface area (Å²) >= 11 is 3.15. The molecule has 2 rings (SSSR count). The van der Waals surface area contributed by atoms with E-state index in [-0.39, 0.29) is 5.82 Å². The Morgan fingerprint density at radius 3 is 2.68 bits per heavy atom. The van der Waals surface area contributed by atoms with Crippen LogP contribution in [-0.2, 0) is 0 Å². The minimum atomic E-state index is -0.336. The topological polar surface area (TPSA) is 75.9 Å². The molecular formula is C12H13BrFN5. The highest BCUT2D eigenvalue weighted by atomic mass is 79.9. The molecule has 0 spiro atoms. The van der Waals surface area contributed by atoms with Crippen LogP contribution in [0.5, 0.6) is 0 Å². The standard InChI is InChI=1S/C12H13BrFN5/c1-6-3-8(13)9(14)4-10(6)17-11-7(2)5-16-12(18-11)19-15/h3-5H,15H2,1-2H3,(H2,16,17,18,19). The van der Waals surface area contributed by atoms with Crippen LogP contribution in [0.3, 0.4) is 0 Å². The van der Waals surface area contributed by atoms with Crippen molar-refractivity contribution in [1.29, 1.82) is 0 Å². The Morgan fingerprint density at radius 2 is 2.00 bits per heavy atom. The predicted octanol–water partition coefficient (Wildman–Crippen LogP) is 3.02. The number of nitrogens with two attached hydrogens (primary N) is 1. The van der Waals surface area contributed by atoms with E-state index in [1.165, 1.54) is 6.07 Å². The van der Waals surface area contributed by atoms with Crippen LogP contribution < -0.4 is 16.6 Å². The van der Waals surface area contributed by atoms with E-state index in [4.69, 9.17) is 5.84 Å². The van der Waals surface area contributed by atoms with Gasteiger partial charge in [-0.15, -0.1) is 0 Å². The quantitative estimate of drug-likeness (QED) is 0.597. The summed E-state index contributed by atoms with van der Waals surface area (Å²) in [4.78, 5) is 8.17. The van der Waals surface area contributed by atoms with Gasteiger partial charge < -0.3 is 5.32 Å².